The summed E-state index contributed by atoms with van der Waals surface area (Å²) in [5, 5.41) is 2.99. The molecule has 2 aliphatic rings. The Kier molecular flexibility index (Phi) is 6.05. The van der Waals surface area contributed by atoms with Crippen LogP contribution in [0.5, 0.6) is 17.2 Å². The predicted molar refractivity (Wildman–Crippen MR) is 110 cm³/mol. The lowest BCUT2D eigenvalue weighted by molar-refractivity contribution is -0.892. The van der Waals surface area contributed by atoms with Crippen molar-refractivity contribution in [2.75, 3.05) is 57.9 Å². The largest absolute Gasteiger partial charge is 0.495 e. The maximum absolute atomic E-state index is 12.4. The summed E-state index contributed by atoms with van der Waals surface area (Å²) in [7, 11) is 1.70. The number of rotatable bonds is 6. The molecule has 1 fully saturated rings. The van der Waals surface area contributed by atoms with E-state index >= 15 is 0 Å². The lowest BCUT2D eigenvalue weighted by atomic mass is 10.2. The van der Waals surface area contributed by atoms with Crippen LogP contribution in [-0.4, -0.2) is 65.0 Å². The molecular weight excluding hydrogens is 370 g/mol. The number of anilines is 1. The van der Waals surface area contributed by atoms with Crippen LogP contribution in [0.25, 0.3) is 0 Å². The summed E-state index contributed by atoms with van der Waals surface area (Å²) < 4.78 is 17.1. The van der Waals surface area contributed by atoms with E-state index in [1.54, 1.807) is 7.11 Å². The van der Waals surface area contributed by atoms with Gasteiger partial charge in [0.2, 0.25) is 0 Å². The van der Waals surface area contributed by atoms with E-state index in [0.29, 0.717) is 19.7 Å². The standard InChI is InChI=1S/C22H27N3O4/c1-27-19-7-3-2-6-18(19)25-12-10-24(11-13-25)15-22(26)23-14-17-16-28-20-8-4-5-9-21(20)29-17/h2-9,17H,10-16H2,1H3,(H,23,26)/p+1/t17-/m1/s1. The van der Waals surface area contributed by atoms with Gasteiger partial charge in [-0.3, -0.25) is 4.79 Å². The van der Waals surface area contributed by atoms with E-state index in [1.165, 1.54) is 4.90 Å². The van der Waals surface area contributed by atoms with E-state index in [9.17, 15) is 4.79 Å². The van der Waals surface area contributed by atoms with Crippen molar-refractivity contribution >= 4 is 11.6 Å². The fourth-order valence-corrected chi connectivity index (χ4v) is 3.81. The topological polar surface area (TPSA) is 64.5 Å². The van der Waals surface area contributed by atoms with Crippen LogP contribution in [0.1, 0.15) is 0 Å². The van der Waals surface area contributed by atoms with Gasteiger partial charge in [0.25, 0.3) is 5.91 Å². The normalized spacial score (nSPS) is 18.9. The van der Waals surface area contributed by atoms with Crippen LogP contribution in [0.3, 0.4) is 0 Å². The molecule has 0 saturated carbocycles. The van der Waals surface area contributed by atoms with Crippen molar-refractivity contribution in [3.05, 3.63) is 48.5 Å². The molecular formula is C22H28N3O4+. The zero-order valence-corrected chi connectivity index (χ0v) is 16.7. The van der Waals surface area contributed by atoms with Gasteiger partial charge in [-0.15, -0.1) is 0 Å². The Hall–Kier alpha value is -2.93. The van der Waals surface area contributed by atoms with Crippen molar-refractivity contribution in [3.63, 3.8) is 0 Å². The van der Waals surface area contributed by atoms with Gasteiger partial charge in [0, 0.05) is 0 Å². The average Bonchev–Trinajstić information content (AvgIpc) is 2.78. The highest BCUT2D eigenvalue weighted by atomic mass is 16.6. The number of para-hydroxylation sites is 4. The van der Waals surface area contributed by atoms with Crippen LogP contribution in [0, 0.1) is 0 Å². The molecule has 0 bridgehead atoms. The lowest BCUT2D eigenvalue weighted by Gasteiger charge is -2.34. The molecule has 0 spiro atoms. The van der Waals surface area contributed by atoms with E-state index in [4.69, 9.17) is 14.2 Å². The number of nitrogens with zero attached hydrogens (tertiary/aromatic N) is 1. The number of carbonyl (C=O) groups is 1. The molecule has 1 atom stereocenters. The smallest absolute Gasteiger partial charge is 0.275 e. The highest BCUT2D eigenvalue weighted by molar-refractivity contribution is 5.76. The number of carbonyl (C=O) groups excluding carboxylic acids is 1. The quantitative estimate of drug-likeness (QED) is 0.736. The van der Waals surface area contributed by atoms with Gasteiger partial charge in [-0.05, 0) is 24.3 Å². The number of benzene rings is 2. The highest BCUT2D eigenvalue weighted by Crippen LogP contribution is 2.30. The molecule has 0 radical (unpaired) electrons. The number of hydrogen-bond acceptors (Lipinski definition) is 5. The number of nitrogens with one attached hydrogen (secondary N) is 2. The molecule has 4 rings (SSSR count). The molecule has 154 valence electrons. The Morgan fingerprint density at radius 3 is 2.66 bits per heavy atom. The molecule has 2 heterocycles. The van der Waals surface area contributed by atoms with Gasteiger partial charge in [0.15, 0.2) is 18.0 Å². The Morgan fingerprint density at radius 1 is 1.14 bits per heavy atom. The molecule has 29 heavy (non-hydrogen) atoms. The maximum Gasteiger partial charge on any atom is 0.275 e. The summed E-state index contributed by atoms with van der Waals surface area (Å²) in [6.45, 7) is 5.02. The fourth-order valence-electron chi connectivity index (χ4n) is 3.81. The summed E-state index contributed by atoms with van der Waals surface area (Å²) in [6, 6.07) is 15.7. The lowest BCUT2D eigenvalue weighted by Crippen LogP contribution is -3.16. The van der Waals surface area contributed by atoms with E-state index < -0.39 is 0 Å². The summed E-state index contributed by atoms with van der Waals surface area (Å²) in [4.78, 5) is 16.0. The van der Waals surface area contributed by atoms with Gasteiger partial charge >= 0.3 is 0 Å². The van der Waals surface area contributed by atoms with Crippen LogP contribution < -0.4 is 29.3 Å². The molecule has 2 aromatic rings. The second kappa shape index (κ2) is 9.05. The summed E-state index contributed by atoms with van der Waals surface area (Å²) in [5.41, 5.74) is 1.12. The molecule has 7 heteroatoms. The van der Waals surface area contributed by atoms with Gasteiger partial charge in [0.05, 0.1) is 45.5 Å². The minimum Gasteiger partial charge on any atom is -0.495 e. The van der Waals surface area contributed by atoms with Crippen molar-refractivity contribution in [2.24, 2.45) is 0 Å². The van der Waals surface area contributed by atoms with Crippen LogP contribution >= 0.6 is 0 Å². The van der Waals surface area contributed by atoms with Crippen LogP contribution in [0.2, 0.25) is 0 Å². The minimum absolute atomic E-state index is 0.0493. The Bertz CT molecular complexity index is 836. The second-order valence-corrected chi connectivity index (χ2v) is 7.39. The van der Waals surface area contributed by atoms with Crippen molar-refractivity contribution in [3.8, 4) is 17.2 Å². The third-order valence-corrected chi connectivity index (χ3v) is 5.40. The summed E-state index contributed by atoms with van der Waals surface area (Å²) in [5.74, 6) is 2.43. The zero-order valence-electron chi connectivity index (χ0n) is 16.7. The molecule has 1 amide bonds. The molecule has 0 unspecified atom stereocenters. The van der Waals surface area contributed by atoms with Gasteiger partial charge in [-0.2, -0.15) is 0 Å². The first-order valence-corrected chi connectivity index (χ1v) is 10.1. The zero-order chi connectivity index (χ0) is 20.1. The number of ether oxygens (including phenoxy) is 3. The average molecular weight is 398 g/mol. The van der Waals surface area contributed by atoms with Crippen molar-refractivity contribution < 1.29 is 23.9 Å². The summed E-state index contributed by atoms with van der Waals surface area (Å²) >= 11 is 0. The van der Waals surface area contributed by atoms with Crippen molar-refractivity contribution in [1.82, 2.24) is 5.32 Å². The van der Waals surface area contributed by atoms with Crippen LogP contribution in [-0.2, 0) is 4.79 Å². The number of hydrogen-bond donors (Lipinski definition) is 2. The maximum atomic E-state index is 12.4. The van der Waals surface area contributed by atoms with Crippen LogP contribution in [0.15, 0.2) is 48.5 Å². The first-order valence-electron chi connectivity index (χ1n) is 10.1. The molecule has 0 aliphatic carbocycles. The fraction of sp³-hybridized carbons (Fsp3) is 0.409. The predicted octanol–water partition coefficient (Wildman–Crippen LogP) is 0.356. The van der Waals surface area contributed by atoms with Gasteiger partial charge in [-0.25, -0.2) is 0 Å². The Morgan fingerprint density at radius 2 is 1.86 bits per heavy atom. The molecule has 0 aromatic heterocycles. The highest BCUT2D eigenvalue weighted by Gasteiger charge is 2.25. The first kappa shape index (κ1) is 19.4. The molecule has 7 nitrogen and oxygen atoms in total. The SMILES string of the molecule is COc1ccccc1N1CC[NH+](CC(=O)NC[C@@H]2COc3ccccc3O2)CC1. The van der Waals surface area contributed by atoms with E-state index in [-0.39, 0.29) is 12.0 Å². The minimum atomic E-state index is -0.161. The third kappa shape index (κ3) is 4.74. The number of fused-ring (bicyclic) bond motifs is 1. The molecule has 2 N–H and O–H groups in total. The van der Waals surface area contributed by atoms with Gasteiger partial charge in [0.1, 0.15) is 18.5 Å². The van der Waals surface area contributed by atoms with E-state index in [1.807, 2.05) is 42.5 Å². The first-order chi connectivity index (χ1) is 14.2. The number of amides is 1. The third-order valence-electron chi connectivity index (χ3n) is 5.40. The van der Waals surface area contributed by atoms with Crippen molar-refractivity contribution in [1.29, 1.82) is 0 Å². The summed E-state index contributed by atoms with van der Waals surface area (Å²) in [6.07, 6.45) is -0.161. The van der Waals surface area contributed by atoms with Crippen LogP contribution in [0.4, 0.5) is 5.69 Å². The number of quaternary nitrogens is 1. The molecule has 2 aliphatic heterocycles. The monoisotopic (exact) mass is 398 g/mol. The number of methoxy groups -OCH3 is 1. The van der Waals surface area contributed by atoms with Gasteiger partial charge < -0.3 is 29.3 Å². The van der Waals surface area contributed by atoms with Crippen molar-refractivity contribution in [2.45, 2.75) is 6.10 Å². The van der Waals surface area contributed by atoms with E-state index in [0.717, 1.165) is 49.1 Å². The Balaban J connectivity index is 1.20. The van der Waals surface area contributed by atoms with Gasteiger partial charge in [-0.1, -0.05) is 24.3 Å². The number of piperazine rings is 1. The second-order valence-electron chi connectivity index (χ2n) is 7.39. The Labute approximate surface area is 171 Å². The van der Waals surface area contributed by atoms with E-state index in [2.05, 4.69) is 16.3 Å². The molecule has 1 saturated heterocycles. The molecule has 2 aromatic carbocycles.